The number of carboxylic acid groups (broad SMARTS) is 1. The van der Waals surface area contributed by atoms with Gasteiger partial charge in [-0.2, -0.15) is 0 Å². The van der Waals surface area contributed by atoms with Crippen LogP contribution >= 0.6 is 0 Å². The molecule has 1 atom stereocenters. The van der Waals surface area contributed by atoms with Crippen molar-refractivity contribution in [3.8, 4) is 5.75 Å². The zero-order valence-electron chi connectivity index (χ0n) is 12.1. The lowest BCUT2D eigenvalue weighted by Gasteiger charge is -2.22. The molecule has 5 heteroatoms. The minimum absolute atomic E-state index is 0.399. The van der Waals surface area contributed by atoms with E-state index < -0.39 is 23.5 Å². The fraction of sp³-hybridized carbons (Fsp3) is 0.467. The number of carbonyl (C=O) groups excluding carboxylic acids is 1. The van der Waals surface area contributed by atoms with E-state index in [1.54, 1.807) is 0 Å². The van der Waals surface area contributed by atoms with Crippen molar-refractivity contribution in [1.82, 2.24) is 5.32 Å². The number of rotatable bonds is 3. The summed E-state index contributed by atoms with van der Waals surface area (Å²) >= 11 is 0. The second kappa shape index (κ2) is 4.81. The molecule has 1 aliphatic heterocycles. The van der Waals surface area contributed by atoms with E-state index in [9.17, 15) is 9.59 Å². The van der Waals surface area contributed by atoms with Gasteiger partial charge in [-0.05, 0) is 50.5 Å². The minimum atomic E-state index is -1.30. The molecule has 0 fully saturated rings. The Hall–Kier alpha value is -2.04. The van der Waals surface area contributed by atoms with Crippen molar-refractivity contribution in [2.45, 2.75) is 45.8 Å². The van der Waals surface area contributed by atoms with Crippen molar-refractivity contribution < 1.29 is 19.4 Å². The van der Waals surface area contributed by atoms with Crippen molar-refractivity contribution in [2.24, 2.45) is 0 Å². The number of amides is 1. The number of hydrogen-bond donors (Lipinski definition) is 2. The zero-order chi connectivity index (χ0) is 15.1. The third-order valence-corrected chi connectivity index (χ3v) is 3.61. The van der Waals surface area contributed by atoms with Crippen LogP contribution in [0, 0.1) is 13.8 Å². The van der Waals surface area contributed by atoms with E-state index in [0.29, 0.717) is 12.2 Å². The van der Waals surface area contributed by atoms with Gasteiger partial charge in [0.25, 0.3) is 5.91 Å². The van der Waals surface area contributed by atoms with Gasteiger partial charge in [-0.3, -0.25) is 4.79 Å². The molecule has 0 spiro atoms. The number of ether oxygens (including phenoxy) is 1. The lowest BCUT2D eigenvalue weighted by molar-refractivity contribution is -0.147. The average molecular weight is 277 g/mol. The van der Waals surface area contributed by atoms with Gasteiger partial charge in [0, 0.05) is 6.42 Å². The van der Waals surface area contributed by atoms with E-state index in [-0.39, 0.29) is 0 Å². The summed E-state index contributed by atoms with van der Waals surface area (Å²) in [6, 6.07) is 3.93. The van der Waals surface area contributed by atoms with Gasteiger partial charge in [0.2, 0.25) is 0 Å². The highest BCUT2D eigenvalue weighted by Gasteiger charge is 2.35. The summed E-state index contributed by atoms with van der Waals surface area (Å²) in [5, 5.41) is 11.5. The molecule has 2 N–H and O–H groups in total. The highest BCUT2D eigenvalue weighted by Crippen LogP contribution is 2.31. The van der Waals surface area contributed by atoms with Gasteiger partial charge in [0.1, 0.15) is 11.3 Å². The first-order valence-corrected chi connectivity index (χ1v) is 6.53. The summed E-state index contributed by atoms with van der Waals surface area (Å²) in [6.45, 7) is 6.89. The van der Waals surface area contributed by atoms with Crippen molar-refractivity contribution in [3.05, 3.63) is 28.8 Å². The first kappa shape index (κ1) is 14.4. The molecule has 0 aromatic heterocycles. The number of hydrogen-bond acceptors (Lipinski definition) is 3. The summed E-state index contributed by atoms with van der Waals surface area (Å²) in [5.41, 5.74) is 1.94. The second-order valence-corrected chi connectivity index (χ2v) is 5.77. The van der Waals surface area contributed by atoms with E-state index in [4.69, 9.17) is 9.84 Å². The predicted octanol–water partition coefficient (Wildman–Crippen LogP) is 1.59. The Morgan fingerprint density at radius 1 is 1.30 bits per heavy atom. The summed E-state index contributed by atoms with van der Waals surface area (Å²) in [4.78, 5) is 23.1. The van der Waals surface area contributed by atoms with Gasteiger partial charge in [0.15, 0.2) is 6.10 Å². The molecular formula is C15H19NO4. The number of aryl methyl sites for hydroxylation is 2. The Kier molecular flexibility index (Phi) is 3.46. The second-order valence-electron chi connectivity index (χ2n) is 5.77. The lowest BCUT2D eigenvalue weighted by atomic mass is 10.0. The molecule has 1 aliphatic rings. The van der Waals surface area contributed by atoms with Gasteiger partial charge in [-0.1, -0.05) is 6.07 Å². The van der Waals surface area contributed by atoms with Gasteiger partial charge in [0.05, 0.1) is 0 Å². The number of benzene rings is 1. The predicted molar refractivity (Wildman–Crippen MR) is 73.9 cm³/mol. The first-order valence-electron chi connectivity index (χ1n) is 6.53. The molecule has 5 nitrogen and oxygen atoms in total. The van der Waals surface area contributed by atoms with Crippen LogP contribution in [0.3, 0.4) is 0 Å². The SMILES string of the molecule is Cc1cc2c(cc1C)OC(C(=O)NC(C)(C)C(=O)O)C2. The van der Waals surface area contributed by atoms with E-state index >= 15 is 0 Å². The molecule has 1 aromatic carbocycles. The number of nitrogens with one attached hydrogen (secondary N) is 1. The molecule has 2 rings (SSSR count). The molecule has 1 heterocycles. The van der Waals surface area contributed by atoms with Crippen LogP contribution in [0.25, 0.3) is 0 Å². The lowest BCUT2D eigenvalue weighted by Crippen LogP contribution is -2.53. The maximum absolute atomic E-state index is 12.1. The number of carboxylic acids is 1. The van der Waals surface area contributed by atoms with Gasteiger partial charge in [-0.25, -0.2) is 4.79 Å². The van der Waals surface area contributed by atoms with Gasteiger partial charge >= 0.3 is 5.97 Å². The van der Waals surface area contributed by atoms with Gasteiger partial charge < -0.3 is 15.2 Å². The quantitative estimate of drug-likeness (QED) is 0.879. The Morgan fingerprint density at radius 2 is 1.90 bits per heavy atom. The molecular weight excluding hydrogens is 258 g/mol. The van der Waals surface area contributed by atoms with E-state index in [0.717, 1.165) is 16.7 Å². The number of fused-ring (bicyclic) bond motifs is 1. The molecule has 0 saturated heterocycles. The van der Waals surface area contributed by atoms with Crippen molar-refractivity contribution in [2.75, 3.05) is 0 Å². The van der Waals surface area contributed by atoms with Crippen LogP contribution in [0.2, 0.25) is 0 Å². The summed E-state index contributed by atoms with van der Waals surface area (Å²) in [6.07, 6.45) is -0.192. The highest BCUT2D eigenvalue weighted by molar-refractivity contribution is 5.89. The van der Waals surface area contributed by atoms with Crippen LogP contribution in [-0.4, -0.2) is 28.6 Å². The molecule has 20 heavy (non-hydrogen) atoms. The zero-order valence-corrected chi connectivity index (χ0v) is 12.1. The van der Waals surface area contributed by atoms with Crippen LogP contribution in [0.5, 0.6) is 5.75 Å². The largest absolute Gasteiger partial charge is 0.480 e. The van der Waals surface area contributed by atoms with Gasteiger partial charge in [-0.15, -0.1) is 0 Å². The summed E-state index contributed by atoms with van der Waals surface area (Å²) < 4.78 is 5.63. The Morgan fingerprint density at radius 3 is 2.50 bits per heavy atom. The molecule has 0 aliphatic carbocycles. The topological polar surface area (TPSA) is 75.6 Å². The molecule has 0 bridgehead atoms. The first-order chi connectivity index (χ1) is 9.20. The monoisotopic (exact) mass is 277 g/mol. The molecule has 1 aromatic rings. The van der Waals surface area contributed by atoms with Crippen LogP contribution in [0.1, 0.15) is 30.5 Å². The van der Waals surface area contributed by atoms with Crippen molar-refractivity contribution >= 4 is 11.9 Å². The normalized spacial score (nSPS) is 17.3. The Labute approximate surface area is 117 Å². The summed E-state index contributed by atoms with van der Waals surface area (Å²) in [5.74, 6) is -0.765. The van der Waals surface area contributed by atoms with Crippen LogP contribution in [-0.2, 0) is 16.0 Å². The van der Waals surface area contributed by atoms with E-state index in [1.165, 1.54) is 13.8 Å². The fourth-order valence-corrected chi connectivity index (χ4v) is 2.10. The van der Waals surface area contributed by atoms with Crippen LogP contribution < -0.4 is 10.1 Å². The third-order valence-electron chi connectivity index (χ3n) is 3.61. The Balaban J connectivity index is 2.11. The summed E-state index contributed by atoms with van der Waals surface area (Å²) in [7, 11) is 0. The molecule has 1 amide bonds. The molecule has 108 valence electrons. The molecule has 0 saturated carbocycles. The number of carbonyl (C=O) groups is 2. The fourth-order valence-electron chi connectivity index (χ4n) is 2.10. The molecule has 0 radical (unpaired) electrons. The van der Waals surface area contributed by atoms with Crippen LogP contribution in [0.4, 0.5) is 0 Å². The smallest absolute Gasteiger partial charge is 0.328 e. The van der Waals surface area contributed by atoms with E-state index in [1.807, 2.05) is 26.0 Å². The average Bonchev–Trinajstić information content (AvgIpc) is 2.72. The standard InChI is InChI=1S/C15H19NO4/c1-8-5-10-7-12(20-11(10)6-9(8)2)13(17)16-15(3,4)14(18)19/h5-6,12H,7H2,1-4H3,(H,16,17)(H,18,19). The maximum atomic E-state index is 12.1. The van der Waals surface area contributed by atoms with Crippen molar-refractivity contribution in [1.29, 1.82) is 0 Å². The highest BCUT2D eigenvalue weighted by atomic mass is 16.5. The third kappa shape index (κ3) is 2.61. The van der Waals surface area contributed by atoms with Crippen molar-refractivity contribution in [3.63, 3.8) is 0 Å². The van der Waals surface area contributed by atoms with E-state index in [2.05, 4.69) is 5.32 Å². The maximum Gasteiger partial charge on any atom is 0.328 e. The minimum Gasteiger partial charge on any atom is -0.480 e. The number of aliphatic carboxylic acids is 1. The molecule has 1 unspecified atom stereocenters. The van der Waals surface area contributed by atoms with Crippen LogP contribution in [0.15, 0.2) is 12.1 Å². The Bertz CT molecular complexity index is 546.